The second-order valence-corrected chi connectivity index (χ2v) is 3.91. The van der Waals surface area contributed by atoms with Crippen LogP contribution in [0.2, 0.25) is 0 Å². The molecule has 0 aromatic carbocycles. The molecule has 1 fully saturated rings. The number of aliphatic hydroxyl groups excluding tert-OH is 1. The first-order valence-electron chi connectivity index (χ1n) is 4.32. The Bertz CT molecular complexity index is 412. The monoisotopic (exact) mass is 224 g/mol. The normalized spacial score (nSPS) is 19.2. The van der Waals surface area contributed by atoms with Crippen molar-refractivity contribution in [2.45, 2.75) is 6.42 Å². The molecule has 15 heavy (non-hydrogen) atoms. The number of carbonyl (C=O) groups is 2. The number of thiophene rings is 1. The van der Waals surface area contributed by atoms with Crippen LogP contribution in [0.3, 0.4) is 0 Å². The fraction of sp³-hybridized carbons (Fsp3) is 0.200. The lowest BCUT2D eigenvalue weighted by Crippen LogP contribution is -2.07. The van der Waals surface area contributed by atoms with Crippen LogP contribution in [0, 0.1) is 0 Å². The highest BCUT2D eigenvalue weighted by atomic mass is 32.1. The Kier molecular flexibility index (Phi) is 2.55. The fourth-order valence-electron chi connectivity index (χ4n) is 1.34. The summed E-state index contributed by atoms with van der Waals surface area (Å²) in [6.45, 7) is -0.262. The van der Waals surface area contributed by atoms with Gasteiger partial charge in [0.1, 0.15) is 11.3 Å². The average Bonchev–Trinajstić information content (AvgIpc) is 2.77. The van der Waals surface area contributed by atoms with E-state index < -0.39 is 11.8 Å². The van der Waals surface area contributed by atoms with Crippen molar-refractivity contribution in [2.24, 2.45) is 0 Å². The summed E-state index contributed by atoms with van der Waals surface area (Å²) in [5.41, 5.74) is 0.665. The summed E-state index contributed by atoms with van der Waals surface area (Å²) >= 11 is 1.49. The van der Waals surface area contributed by atoms with Crippen molar-refractivity contribution < 1.29 is 19.4 Å². The molecule has 1 aliphatic rings. The Balaban J connectivity index is 2.25. The second-order valence-electron chi connectivity index (χ2n) is 3.13. The molecule has 5 heteroatoms. The van der Waals surface area contributed by atoms with Crippen LogP contribution in [0.15, 0.2) is 28.2 Å². The lowest BCUT2D eigenvalue weighted by Gasteiger charge is -1.98. The third-order valence-corrected chi connectivity index (χ3v) is 2.79. The van der Waals surface area contributed by atoms with Gasteiger partial charge >= 0.3 is 5.97 Å². The van der Waals surface area contributed by atoms with Crippen LogP contribution in [-0.2, 0) is 20.7 Å². The van der Waals surface area contributed by atoms with Crippen LogP contribution in [0.5, 0.6) is 0 Å². The van der Waals surface area contributed by atoms with Gasteiger partial charge in [-0.05, 0) is 22.4 Å². The maximum atomic E-state index is 11.2. The number of ether oxygens (including phenoxy) is 1. The predicted octanol–water partition coefficient (Wildman–Crippen LogP) is 1.23. The molecule has 0 radical (unpaired) electrons. The molecule has 1 N–H and O–H groups in total. The van der Waals surface area contributed by atoms with E-state index in [0.717, 1.165) is 5.56 Å². The minimum Gasteiger partial charge on any atom is -0.511 e. The molecule has 0 unspecified atom stereocenters. The fourth-order valence-corrected chi connectivity index (χ4v) is 2.01. The van der Waals surface area contributed by atoms with Gasteiger partial charge in [-0.1, -0.05) is 0 Å². The summed E-state index contributed by atoms with van der Waals surface area (Å²) in [6.07, 6.45) is 0.194. The van der Waals surface area contributed by atoms with Crippen molar-refractivity contribution in [3.05, 3.63) is 33.7 Å². The number of ketones is 1. The van der Waals surface area contributed by atoms with Gasteiger partial charge in [-0.25, -0.2) is 4.79 Å². The number of rotatable bonds is 2. The van der Waals surface area contributed by atoms with Crippen molar-refractivity contribution in [3.8, 4) is 0 Å². The number of hydrogen-bond acceptors (Lipinski definition) is 5. The molecule has 2 heterocycles. The zero-order valence-corrected chi connectivity index (χ0v) is 8.54. The second kappa shape index (κ2) is 3.86. The highest BCUT2D eigenvalue weighted by molar-refractivity contribution is 7.07. The van der Waals surface area contributed by atoms with E-state index in [1.54, 1.807) is 0 Å². The van der Waals surface area contributed by atoms with Gasteiger partial charge < -0.3 is 9.84 Å². The summed E-state index contributed by atoms with van der Waals surface area (Å²) in [5.74, 6) is -1.39. The molecule has 0 amide bonds. The van der Waals surface area contributed by atoms with E-state index in [0.29, 0.717) is 0 Å². The maximum Gasteiger partial charge on any atom is 0.345 e. The Morgan fingerprint density at radius 2 is 2.33 bits per heavy atom. The Labute approximate surface area is 89.8 Å². The van der Waals surface area contributed by atoms with Gasteiger partial charge in [0.05, 0.1) is 0 Å². The lowest BCUT2D eigenvalue weighted by atomic mass is 10.1. The topological polar surface area (TPSA) is 63.6 Å². The quantitative estimate of drug-likeness (QED) is 0.355. The van der Waals surface area contributed by atoms with Crippen molar-refractivity contribution in [1.82, 2.24) is 0 Å². The Morgan fingerprint density at radius 3 is 2.87 bits per heavy atom. The van der Waals surface area contributed by atoms with E-state index in [2.05, 4.69) is 4.74 Å². The van der Waals surface area contributed by atoms with Crippen LogP contribution in [0.1, 0.15) is 5.56 Å². The number of carbonyl (C=O) groups excluding carboxylic acids is 2. The highest BCUT2D eigenvalue weighted by Crippen LogP contribution is 2.18. The number of aliphatic hydroxyl groups is 1. The number of esters is 1. The standard InChI is InChI=1S/C10H8O4S/c11-7(3-6-1-2-15-5-6)9-8(12)4-14-10(9)13/h1-2,5,11H,3-4H2/b9-7+. The van der Waals surface area contributed by atoms with Crippen molar-refractivity contribution in [1.29, 1.82) is 0 Å². The summed E-state index contributed by atoms with van der Waals surface area (Å²) in [4.78, 5) is 22.3. The summed E-state index contributed by atoms with van der Waals surface area (Å²) < 4.78 is 4.51. The van der Waals surface area contributed by atoms with Gasteiger partial charge in [-0.15, -0.1) is 0 Å². The molecular weight excluding hydrogens is 216 g/mol. The molecule has 1 saturated heterocycles. The number of hydrogen-bond donors (Lipinski definition) is 1. The number of Topliss-reactive ketones (excluding diaryl/α,β-unsaturated/α-hetero) is 1. The molecule has 1 aromatic heterocycles. The van der Waals surface area contributed by atoms with Crippen molar-refractivity contribution >= 4 is 23.1 Å². The van der Waals surface area contributed by atoms with Gasteiger partial charge in [-0.3, -0.25) is 4.79 Å². The molecule has 2 rings (SSSR count). The van der Waals surface area contributed by atoms with Crippen LogP contribution in [0.4, 0.5) is 0 Å². The zero-order chi connectivity index (χ0) is 10.8. The van der Waals surface area contributed by atoms with Gasteiger partial charge in [0.25, 0.3) is 0 Å². The van der Waals surface area contributed by atoms with E-state index in [4.69, 9.17) is 0 Å². The molecule has 78 valence electrons. The first-order valence-corrected chi connectivity index (χ1v) is 5.26. The number of cyclic esters (lactones) is 1. The maximum absolute atomic E-state index is 11.2. The van der Waals surface area contributed by atoms with Gasteiger partial charge in [-0.2, -0.15) is 11.3 Å². The average molecular weight is 224 g/mol. The van der Waals surface area contributed by atoms with E-state index >= 15 is 0 Å². The molecular formula is C10H8O4S. The molecule has 0 saturated carbocycles. The van der Waals surface area contributed by atoms with E-state index in [1.165, 1.54) is 11.3 Å². The minimum absolute atomic E-state index is 0.194. The van der Waals surface area contributed by atoms with Gasteiger partial charge in [0.15, 0.2) is 6.61 Å². The van der Waals surface area contributed by atoms with E-state index in [-0.39, 0.29) is 24.4 Å². The van der Waals surface area contributed by atoms with E-state index in [1.807, 2.05) is 16.8 Å². The summed E-state index contributed by atoms with van der Waals surface area (Å²) in [5, 5.41) is 13.3. The summed E-state index contributed by atoms with van der Waals surface area (Å²) in [7, 11) is 0. The predicted molar refractivity (Wildman–Crippen MR) is 53.6 cm³/mol. The molecule has 0 spiro atoms. The molecule has 1 aromatic rings. The van der Waals surface area contributed by atoms with E-state index in [9.17, 15) is 14.7 Å². The Morgan fingerprint density at radius 1 is 1.53 bits per heavy atom. The molecule has 0 aliphatic carbocycles. The largest absolute Gasteiger partial charge is 0.511 e. The minimum atomic E-state index is -0.729. The first kappa shape index (κ1) is 9.92. The van der Waals surface area contributed by atoms with Crippen LogP contribution < -0.4 is 0 Å². The third kappa shape index (κ3) is 1.92. The van der Waals surface area contributed by atoms with Crippen LogP contribution >= 0.6 is 11.3 Å². The van der Waals surface area contributed by atoms with Gasteiger partial charge in [0, 0.05) is 6.42 Å². The smallest absolute Gasteiger partial charge is 0.345 e. The van der Waals surface area contributed by atoms with Crippen LogP contribution in [0.25, 0.3) is 0 Å². The van der Waals surface area contributed by atoms with Crippen LogP contribution in [-0.4, -0.2) is 23.5 Å². The highest BCUT2D eigenvalue weighted by Gasteiger charge is 2.31. The molecule has 0 atom stereocenters. The summed E-state index contributed by atoms with van der Waals surface area (Å²) in [6, 6.07) is 1.83. The molecule has 1 aliphatic heterocycles. The van der Waals surface area contributed by atoms with Gasteiger partial charge in [0.2, 0.25) is 5.78 Å². The molecule has 4 nitrogen and oxygen atoms in total. The number of allylic oxidation sites excluding steroid dienone is 1. The SMILES string of the molecule is O=C1COC(=O)/C1=C(/O)Cc1ccsc1. The van der Waals surface area contributed by atoms with Crippen molar-refractivity contribution in [2.75, 3.05) is 6.61 Å². The first-order chi connectivity index (χ1) is 7.18. The third-order valence-electron chi connectivity index (χ3n) is 2.06. The Hall–Kier alpha value is -1.62. The zero-order valence-electron chi connectivity index (χ0n) is 7.73. The van der Waals surface area contributed by atoms with Crippen molar-refractivity contribution in [3.63, 3.8) is 0 Å². The lowest BCUT2D eigenvalue weighted by molar-refractivity contribution is -0.135. The molecule has 0 bridgehead atoms.